The summed E-state index contributed by atoms with van der Waals surface area (Å²) in [5.41, 5.74) is 0. The molecule has 0 aliphatic heterocycles. The third-order valence-electron chi connectivity index (χ3n) is 9.47. The predicted octanol–water partition coefficient (Wildman–Crippen LogP) is 16.1. The van der Waals surface area contributed by atoms with Crippen LogP contribution in [-0.4, -0.2) is 0 Å². The van der Waals surface area contributed by atoms with Crippen molar-refractivity contribution >= 4 is 0 Å². The van der Waals surface area contributed by atoms with Crippen molar-refractivity contribution in [3.63, 3.8) is 0 Å². The first-order valence-corrected chi connectivity index (χ1v) is 25.8. The van der Waals surface area contributed by atoms with Crippen LogP contribution < -0.4 is 0 Å². The van der Waals surface area contributed by atoms with Gasteiger partial charge in [-0.25, -0.2) is 0 Å². The standard InChI is InChI=1S/3C12H25.C5H5.Pt/c3*1-3-5-7-9-11-12-10-8-6-4-2;1-2-4-5-3-1;/h3*1,3-12H2,2H3;1-5H;. The monoisotopic (exact) mass is 768 g/mol. The normalized spacial score (nSPS) is 14.0. The van der Waals surface area contributed by atoms with Gasteiger partial charge in [-0.2, -0.15) is 0 Å². The number of allylic oxidation sites excluding steroid dienone is 4. The van der Waals surface area contributed by atoms with E-state index in [0.29, 0.717) is 0 Å². The van der Waals surface area contributed by atoms with Crippen LogP contribution in [0.1, 0.15) is 213 Å². The molecular weight excluding hydrogens is 688 g/mol. The fraction of sp³-hybridized carbons (Fsp3) is 0.902. The van der Waals surface area contributed by atoms with E-state index in [1.54, 1.807) is 33.7 Å². The van der Waals surface area contributed by atoms with E-state index in [1.807, 2.05) is 0 Å². The van der Waals surface area contributed by atoms with Crippen molar-refractivity contribution in [1.29, 1.82) is 0 Å². The van der Waals surface area contributed by atoms with E-state index in [4.69, 9.17) is 0 Å². The van der Waals surface area contributed by atoms with Gasteiger partial charge in [0.25, 0.3) is 0 Å². The van der Waals surface area contributed by atoms with Gasteiger partial charge in [0.05, 0.1) is 0 Å². The molecule has 1 aliphatic rings. The van der Waals surface area contributed by atoms with Gasteiger partial charge in [0.2, 0.25) is 0 Å². The molecule has 1 rings (SSSR count). The molecule has 0 unspecified atom stereocenters. The van der Waals surface area contributed by atoms with E-state index >= 15 is 0 Å². The maximum atomic E-state index is 2.65. The molecule has 0 aromatic carbocycles. The van der Waals surface area contributed by atoms with Crippen molar-refractivity contribution in [3.8, 4) is 0 Å². The maximum absolute atomic E-state index is 2.65. The Morgan fingerprint density at radius 3 is 0.762 bits per heavy atom. The van der Waals surface area contributed by atoms with E-state index in [-0.39, 0.29) is 0 Å². The van der Waals surface area contributed by atoms with Gasteiger partial charge in [0.1, 0.15) is 0 Å². The summed E-state index contributed by atoms with van der Waals surface area (Å²) in [5, 5.41) is 0. The molecule has 0 bridgehead atoms. The van der Waals surface area contributed by atoms with Gasteiger partial charge in [0.15, 0.2) is 0 Å². The Morgan fingerprint density at radius 1 is 0.310 bits per heavy atom. The molecule has 0 fully saturated rings. The quantitative estimate of drug-likeness (QED) is 0.0572. The molecule has 0 atom stereocenters. The van der Waals surface area contributed by atoms with Crippen molar-refractivity contribution in [2.24, 2.45) is 0 Å². The third kappa shape index (κ3) is 22.6. The SMILES string of the molecule is CCCCCCCCCCC[CH2][Pt]([CH2]CCCCCCCCCCC)([CH2]CCCCCCCCCCC)[CH]1C=CC=C1. The number of hydrogen-bond donors (Lipinski definition) is 0. The summed E-state index contributed by atoms with van der Waals surface area (Å²) >= 11 is -1.86. The number of unbranched alkanes of at least 4 members (excludes halogenated alkanes) is 27. The zero-order chi connectivity index (χ0) is 30.2. The van der Waals surface area contributed by atoms with Crippen molar-refractivity contribution in [3.05, 3.63) is 24.3 Å². The molecule has 254 valence electrons. The summed E-state index contributed by atoms with van der Waals surface area (Å²) in [6.07, 6.45) is 54.4. The van der Waals surface area contributed by atoms with Crippen LogP contribution in [0, 0.1) is 0 Å². The third-order valence-corrected chi connectivity index (χ3v) is 22.8. The molecular formula is C41H80Pt. The summed E-state index contributed by atoms with van der Waals surface area (Å²) in [4.78, 5) is 4.95. The van der Waals surface area contributed by atoms with Gasteiger partial charge in [-0.1, -0.05) is 0 Å². The summed E-state index contributed by atoms with van der Waals surface area (Å²) in [6.45, 7) is 6.98. The average molecular weight is 768 g/mol. The molecule has 0 saturated heterocycles. The number of rotatable bonds is 34. The second-order valence-electron chi connectivity index (χ2n) is 13.6. The molecule has 42 heavy (non-hydrogen) atoms. The van der Waals surface area contributed by atoms with Gasteiger partial charge in [-0.05, 0) is 0 Å². The molecule has 0 aromatic heterocycles. The first kappa shape index (κ1) is 40.2. The van der Waals surface area contributed by atoms with Crippen LogP contribution in [0.2, 0.25) is 18.7 Å². The van der Waals surface area contributed by atoms with Gasteiger partial charge in [-0.15, -0.1) is 0 Å². The molecule has 0 N–H and O–H groups in total. The fourth-order valence-corrected chi connectivity index (χ4v) is 19.4. The molecule has 0 saturated carbocycles. The number of hydrogen-bond acceptors (Lipinski definition) is 0. The van der Waals surface area contributed by atoms with Crippen molar-refractivity contribution in [1.82, 2.24) is 0 Å². The van der Waals surface area contributed by atoms with E-state index in [1.165, 1.54) is 173 Å². The summed E-state index contributed by atoms with van der Waals surface area (Å²) < 4.78 is 0.883. The summed E-state index contributed by atoms with van der Waals surface area (Å²) in [6, 6.07) is 0. The molecule has 1 heteroatoms. The molecule has 0 heterocycles. The van der Waals surface area contributed by atoms with E-state index < -0.39 is 16.1 Å². The van der Waals surface area contributed by atoms with E-state index in [2.05, 4.69) is 45.1 Å². The summed E-state index contributed by atoms with van der Waals surface area (Å²) in [7, 11) is 0. The molecule has 0 spiro atoms. The first-order valence-electron chi connectivity index (χ1n) is 19.6. The Balaban J connectivity index is 2.47. The predicted molar refractivity (Wildman–Crippen MR) is 192 cm³/mol. The van der Waals surface area contributed by atoms with Crippen LogP contribution in [0.3, 0.4) is 0 Å². The van der Waals surface area contributed by atoms with E-state index in [9.17, 15) is 0 Å². The zero-order valence-corrected chi connectivity index (χ0v) is 31.8. The molecule has 0 nitrogen and oxygen atoms in total. The van der Waals surface area contributed by atoms with Crippen LogP contribution in [0.15, 0.2) is 24.3 Å². The van der Waals surface area contributed by atoms with Crippen LogP contribution in [-0.2, 0) is 16.1 Å². The summed E-state index contributed by atoms with van der Waals surface area (Å²) in [5.74, 6) is 0. The fourth-order valence-electron chi connectivity index (χ4n) is 6.57. The van der Waals surface area contributed by atoms with Gasteiger partial charge >= 0.3 is 272 Å². The van der Waals surface area contributed by atoms with Crippen LogP contribution in [0.5, 0.6) is 0 Å². The van der Waals surface area contributed by atoms with Crippen molar-refractivity contribution in [2.75, 3.05) is 0 Å². The first-order chi connectivity index (χ1) is 20.8. The Kier molecular flexibility index (Phi) is 29.8. The molecule has 0 amide bonds. The Labute approximate surface area is 271 Å². The van der Waals surface area contributed by atoms with Crippen LogP contribution >= 0.6 is 0 Å². The second-order valence-corrected chi connectivity index (χ2v) is 24.7. The topological polar surface area (TPSA) is 0 Å². The Morgan fingerprint density at radius 2 is 0.524 bits per heavy atom. The van der Waals surface area contributed by atoms with Gasteiger partial charge < -0.3 is 0 Å². The van der Waals surface area contributed by atoms with Crippen molar-refractivity contribution < 1.29 is 16.1 Å². The van der Waals surface area contributed by atoms with Crippen molar-refractivity contribution in [2.45, 2.75) is 232 Å². The molecule has 0 radical (unpaired) electrons. The van der Waals surface area contributed by atoms with Crippen LogP contribution in [0.25, 0.3) is 0 Å². The molecule has 1 aliphatic carbocycles. The van der Waals surface area contributed by atoms with Gasteiger partial charge in [0, 0.05) is 0 Å². The molecule has 0 aromatic rings. The van der Waals surface area contributed by atoms with Crippen LogP contribution in [0.4, 0.5) is 0 Å². The zero-order valence-electron chi connectivity index (χ0n) is 29.5. The Bertz CT molecular complexity index is 518. The minimum atomic E-state index is -1.86. The van der Waals surface area contributed by atoms with E-state index in [0.717, 1.165) is 4.31 Å². The van der Waals surface area contributed by atoms with Gasteiger partial charge in [-0.3, -0.25) is 0 Å². The minimum absolute atomic E-state index is 0.883. The average Bonchev–Trinajstić information content (AvgIpc) is 3.55. The Hall–Kier alpha value is 0.168. The second kappa shape index (κ2) is 31.2.